The van der Waals surface area contributed by atoms with Crippen molar-refractivity contribution < 1.29 is 14.3 Å². The fraction of sp³-hybridized carbons (Fsp3) is 0.556. The molecular formula is C18H27N3O3. The summed E-state index contributed by atoms with van der Waals surface area (Å²) in [5, 5.41) is 2.82. The van der Waals surface area contributed by atoms with Crippen molar-refractivity contribution in [1.29, 1.82) is 0 Å². The second-order valence-electron chi connectivity index (χ2n) is 6.51. The molecule has 1 saturated heterocycles. The second-order valence-corrected chi connectivity index (χ2v) is 6.51. The summed E-state index contributed by atoms with van der Waals surface area (Å²) in [5.74, 6) is 0.117. The number of methoxy groups -OCH3 is 1. The van der Waals surface area contributed by atoms with E-state index in [1.807, 2.05) is 12.1 Å². The first kappa shape index (κ1) is 18.3. The first-order chi connectivity index (χ1) is 11.4. The van der Waals surface area contributed by atoms with Crippen LogP contribution in [0.1, 0.15) is 20.8 Å². The fourth-order valence-electron chi connectivity index (χ4n) is 2.79. The van der Waals surface area contributed by atoms with Gasteiger partial charge in [-0.1, -0.05) is 19.1 Å². The summed E-state index contributed by atoms with van der Waals surface area (Å²) >= 11 is 0. The maximum Gasteiger partial charge on any atom is 0.239 e. The van der Waals surface area contributed by atoms with Gasteiger partial charge in [0.15, 0.2) is 0 Å². The highest BCUT2D eigenvalue weighted by Gasteiger charge is 2.40. The largest absolute Gasteiger partial charge is 0.495 e. The molecule has 1 aliphatic rings. The molecule has 1 fully saturated rings. The number of hydrogen-bond donors (Lipinski definition) is 1. The Labute approximate surface area is 143 Å². The molecule has 0 unspecified atom stereocenters. The number of carbonyl (C=O) groups excluding carboxylic acids is 2. The highest BCUT2D eigenvalue weighted by atomic mass is 16.5. The van der Waals surface area contributed by atoms with Gasteiger partial charge in [-0.2, -0.15) is 0 Å². The molecule has 2 rings (SSSR count). The van der Waals surface area contributed by atoms with Crippen LogP contribution in [-0.4, -0.2) is 61.4 Å². The smallest absolute Gasteiger partial charge is 0.239 e. The molecule has 0 saturated carbocycles. The van der Waals surface area contributed by atoms with Crippen LogP contribution in [0, 0.1) is 5.41 Å². The zero-order valence-electron chi connectivity index (χ0n) is 15.0. The van der Waals surface area contributed by atoms with Crippen LogP contribution < -0.4 is 10.1 Å². The van der Waals surface area contributed by atoms with Crippen molar-refractivity contribution in [3.8, 4) is 5.75 Å². The third kappa shape index (κ3) is 3.87. The van der Waals surface area contributed by atoms with Gasteiger partial charge in [0.05, 0.1) is 12.8 Å². The molecule has 1 aliphatic heterocycles. The van der Waals surface area contributed by atoms with E-state index < -0.39 is 5.41 Å². The van der Waals surface area contributed by atoms with Crippen LogP contribution >= 0.6 is 0 Å². The molecule has 0 aliphatic carbocycles. The number of rotatable bonds is 5. The number of anilines is 1. The van der Waals surface area contributed by atoms with Crippen molar-refractivity contribution >= 4 is 17.5 Å². The lowest BCUT2D eigenvalue weighted by atomic mass is 9.89. The minimum atomic E-state index is -1.13. The first-order valence-electron chi connectivity index (χ1n) is 8.36. The molecule has 0 spiro atoms. The van der Waals surface area contributed by atoms with Gasteiger partial charge in [-0.3, -0.25) is 9.59 Å². The predicted octanol–water partition coefficient (Wildman–Crippen LogP) is 1.82. The summed E-state index contributed by atoms with van der Waals surface area (Å²) < 4.78 is 5.24. The third-order valence-corrected chi connectivity index (χ3v) is 4.56. The molecule has 1 heterocycles. The SMILES string of the molecule is CCN1CCN(C(=O)C(C)(C)C(=O)Nc2ccccc2OC)CC1. The standard InChI is InChI=1S/C18H27N3O3/c1-5-20-10-12-21(13-11-20)17(23)18(2,3)16(22)19-14-8-6-7-9-15(14)24-4/h6-9H,5,10-13H2,1-4H3,(H,19,22). The van der Waals surface area contributed by atoms with Crippen molar-refractivity contribution in [1.82, 2.24) is 9.80 Å². The van der Waals surface area contributed by atoms with Crippen molar-refractivity contribution in [2.75, 3.05) is 45.2 Å². The van der Waals surface area contributed by atoms with E-state index in [0.717, 1.165) is 19.6 Å². The summed E-state index contributed by atoms with van der Waals surface area (Å²) in [4.78, 5) is 29.6. The van der Waals surface area contributed by atoms with E-state index in [1.165, 1.54) is 0 Å². The Bertz CT molecular complexity index is 593. The van der Waals surface area contributed by atoms with Crippen LogP contribution in [0.4, 0.5) is 5.69 Å². The number of amides is 2. The highest BCUT2D eigenvalue weighted by molar-refractivity contribution is 6.10. The summed E-state index contributed by atoms with van der Waals surface area (Å²) in [7, 11) is 1.55. The van der Waals surface area contributed by atoms with Crippen molar-refractivity contribution in [3.05, 3.63) is 24.3 Å². The highest BCUT2D eigenvalue weighted by Crippen LogP contribution is 2.27. The number of ether oxygens (including phenoxy) is 1. The molecule has 2 amide bonds. The Morgan fingerprint density at radius 1 is 1.17 bits per heavy atom. The van der Waals surface area contributed by atoms with Gasteiger partial charge in [-0.15, -0.1) is 0 Å². The van der Waals surface area contributed by atoms with Crippen molar-refractivity contribution in [2.45, 2.75) is 20.8 Å². The van der Waals surface area contributed by atoms with Gasteiger partial charge in [0.1, 0.15) is 11.2 Å². The lowest BCUT2D eigenvalue weighted by molar-refractivity contribution is -0.147. The fourth-order valence-corrected chi connectivity index (χ4v) is 2.79. The average molecular weight is 333 g/mol. The number of hydrogen-bond acceptors (Lipinski definition) is 4. The van der Waals surface area contributed by atoms with E-state index in [9.17, 15) is 9.59 Å². The minimum absolute atomic E-state index is 0.134. The molecule has 0 radical (unpaired) electrons. The third-order valence-electron chi connectivity index (χ3n) is 4.56. The van der Waals surface area contributed by atoms with Gasteiger partial charge in [0.2, 0.25) is 11.8 Å². The molecular weight excluding hydrogens is 306 g/mol. The number of piperazine rings is 1. The van der Waals surface area contributed by atoms with Gasteiger partial charge in [0, 0.05) is 26.2 Å². The van der Waals surface area contributed by atoms with E-state index in [1.54, 1.807) is 38.0 Å². The second kappa shape index (κ2) is 7.66. The van der Waals surface area contributed by atoms with Gasteiger partial charge in [0.25, 0.3) is 0 Å². The zero-order chi connectivity index (χ0) is 17.7. The van der Waals surface area contributed by atoms with Crippen molar-refractivity contribution in [3.63, 3.8) is 0 Å². The molecule has 6 heteroatoms. The summed E-state index contributed by atoms with van der Waals surface area (Å²) in [6.07, 6.45) is 0. The predicted molar refractivity (Wildman–Crippen MR) is 94.1 cm³/mol. The Morgan fingerprint density at radius 2 is 1.79 bits per heavy atom. The molecule has 0 atom stereocenters. The quantitative estimate of drug-likeness (QED) is 0.835. The zero-order valence-corrected chi connectivity index (χ0v) is 15.0. The maximum absolute atomic E-state index is 12.8. The molecule has 0 bridgehead atoms. The van der Waals surface area contributed by atoms with Gasteiger partial charge >= 0.3 is 0 Å². The number of carbonyl (C=O) groups is 2. The van der Waals surface area contributed by atoms with Crippen molar-refractivity contribution in [2.24, 2.45) is 5.41 Å². The Kier molecular flexibility index (Phi) is 5.83. The molecule has 1 aromatic carbocycles. The van der Waals surface area contributed by atoms with E-state index in [-0.39, 0.29) is 11.8 Å². The molecule has 0 aromatic heterocycles. The summed E-state index contributed by atoms with van der Waals surface area (Å²) in [5.41, 5.74) is -0.559. The van der Waals surface area contributed by atoms with Crippen LogP contribution in [0.3, 0.4) is 0 Å². The molecule has 1 aromatic rings. The lowest BCUT2D eigenvalue weighted by Gasteiger charge is -2.37. The topological polar surface area (TPSA) is 61.9 Å². The lowest BCUT2D eigenvalue weighted by Crippen LogP contribution is -2.54. The Morgan fingerprint density at radius 3 is 2.38 bits per heavy atom. The Balaban J connectivity index is 2.05. The Hall–Kier alpha value is -2.08. The first-order valence-corrected chi connectivity index (χ1v) is 8.36. The number of nitrogens with zero attached hydrogens (tertiary/aromatic N) is 2. The molecule has 132 valence electrons. The van der Waals surface area contributed by atoms with Crippen LogP contribution in [0.25, 0.3) is 0 Å². The maximum atomic E-state index is 12.8. The number of nitrogens with one attached hydrogen (secondary N) is 1. The monoisotopic (exact) mass is 333 g/mol. The van der Waals surface area contributed by atoms with Gasteiger partial charge in [-0.25, -0.2) is 0 Å². The molecule has 6 nitrogen and oxygen atoms in total. The van der Waals surface area contributed by atoms with Gasteiger partial charge < -0.3 is 19.9 Å². The summed E-state index contributed by atoms with van der Waals surface area (Å²) in [6, 6.07) is 7.18. The number of benzene rings is 1. The van der Waals surface area contributed by atoms with Crippen LogP contribution in [-0.2, 0) is 9.59 Å². The van der Waals surface area contributed by atoms with E-state index in [2.05, 4.69) is 17.1 Å². The average Bonchev–Trinajstić information content (AvgIpc) is 2.61. The van der Waals surface area contributed by atoms with Crippen LogP contribution in [0.2, 0.25) is 0 Å². The van der Waals surface area contributed by atoms with Gasteiger partial charge in [-0.05, 0) is 32.5 Å². The number of likely N-dealkylation sites (N-methyl/N-ethyl adjacent to an activating group) is 1. The normalized spacial score (nSPS) is 15.9. The minimum Gasteiger partial charge on any atom is -0.495 e. The molecule has 24 heavy (non-hydrogen) atoms. The van der Waals surface area contributed by atoms with E-state index >= 15 is 0 Å². The van der Waals surface area contributed by atoms with E-state index in [0.29, 0.717) is 24.5 Å². The van der Waals surface area contributed by atoms with Crippen LogP contribution in [0.5, 0.6) is 5.75 Å². The number of para-hydroxylation sites is 2. The van der Waals surface area contributed by atoms with Crippen LogP contribution in [0.15, 0.2) is 24.3 Å². The van der Waals surface area contributed by atoms with E-state index in [4.69, 9.17) is 4.74 Å². The molecule has 1 N–H and O–H groups in total. The summed E-state index contributed by atoms with van der Waals surface area (Å²) in [6.45, 7) is 9.48.